The van der Waals surface area contributed by atoms with Crippen LogP contribution in [-0.4, -0.2) is 39.4 Å². The van der Waals surface area contributed by atoms with Crippen LogP contribution < -0.4 is 20.5 Å². The second-order valence-electron chi connectivity index (χ2n) is 5.61. The summed E-state index contributed by atoms with van der Waals surface area (Å²) in [5.41, 5.74) is 6.81. The van der Waals surface area contributed by atoms with Gasteiger partial charge in [0.25, 0.3) is 5.91 Å². The SMILES string of the molecule is COCCOc1cccc(NC(=O)c2ccc(OC/C(=C\F)CN)cc2)c1. The lowest BCUT2D eigenvalue weighted by Crippen LogP contribution is -2.13. The highest BCUT2D eigenvalue weighted by molar-refractivity contribution is 6.04. The largest absolute Gasteiger partial charge is 0.491 e. The molecule has 0 heterocycles. The molecule has 0 aromatic heterocycles. The van der Waals surface area contributed by atoms with E-state index < -0.39 is 0 Å². The van der Waals surface area contributed by atoms with Crippen molar-refractivity contribution in [1.82, 2.24) is 0 Å². The molecule has 0 bridgehead atoms. The number of rotatable bonds is 10. The van der Waals surface area contributed by atoms with Gasteiger partial charge in [0, 0.05) is 36.5 Å². The minimum absolute atomic E-state index is 0.0639. The molecule has 2 rings (SSSR count). The number of halogens is 1. The number of benzene rings is 2. The molecule has 0 saturated heterocycles. The summed E-state index contributed by atoms with van der Waals surface area (Å²) < 4.78 is 28.3. The molecule has 0 unspecified atom stereocenters. The van der Waals surface area contributed by atoms with Crippen molar-refractivity contribution in [3.63, 3.8) is 0 Å². The van der Waals surface area contributed by atoms with Crippen LogP contribution in [0.15, 0.2) is 60.4 Å². The Morgan fingerprint density at radius 3 is 2.56 bits per heavy atom. The molecule has 144 valence electrons. The van der Waals surface area contributed by atoms with Crippen molar-refractivity contribution in [2.45, 2.75) is 0 Å². The van der Waals surface area contributed by atoms with Gasteiger partial charge >= 0.3 is 0 Å². The van der Waals surface area contributed by atoms with Gasteiger partial charge in [0.15, 0.2) is 0 Å². The van der Waals surface area contributed by atoms with Crippen LogP contribution in [0.5, 0.6) is 11.5 Å². The fourth-order valence-electron chi connectivity index (χ4n) is 2.12. The molecule has 2 aromatic rings. The van der Waals surface area contributed by atoms with E-state index in [2.05, 4.69) is 5.32 Å². The van der Waals surface area contributed by atoms with Gasteiger partial charge < -0.3 is 25.3 Å². The molecule has 6 nitrogen and oxygen atoms in total. The van der Waals surface area contributed by atoms with E-state index in [-0.39, 0.29) is 19.1 Å². The predicted molar refractivity (Wildman–Crippen MR) is 102 cm³/mol. The Hall–Kier alpha value is -2.90. The number of methoxy groups -OCH3 is 1. The molecule has 2 aromatic carbocycles. The summed E-state index contributed by atoms with van der Waals surface area (Å²) in [7, 11) is 1.60. The molecular formula is C20H23FN2O4. The summed E-state index contributed by atoms with van der Waals surface area (Å²) in [4.78, 5) is 12.4. The third-order valence-corrected chi connectivity index (χ3v) is 3.61. The van der Waals surface area contributed by atoms with Gasteiger partial charge in [-0.25, -0.2) is 4.39 Å². The molecule has 0 saturated carbocycles. The number of nitrogens with one attached hydrogen (secondary N) is 1. The van der Waals surface area contributed by atoms with Gasteiger partial charge in [0.2, 0.25) is 0 Å². The number of amides is 1. The minimum atomic E-state index is -0.262. The fourth-order valence-corrected chi connectivity index (χ4v) is 2.12. The van der Waals surface area contributed by atoms with Crippen molar-refractivity contribution < 1.29 is 23.4 Å². The van der Waals surface area contributed by atoms with Crippen LogP contribution in [0.4, 0.5) is 10.1 Å². The summed E-state index contributed by atoms with van der Waals surface area (Å²) in [6, 6.07) is 13.7. The van der Waals surface area contributed by atoms with Crippen LogP contribution in [0.3, 0.4) is 0 Å². The second-order valence-corrected chi connectivity index (χ2v) is 5.61. The summed E-state index contributed by atoms with van der Waals surface area (Å²) >= 11 is 0. The zero-order valence-corrected chi connectivity index (χ0v) is 15.1. The summed E-state index contributed by atoms with van der Waals surface area (Å²) in [6.45, 7) is 1.07. The van der Waals surface area contributed by atoms with Gasteiger partial charge in [0.05, 0.1) is 12.9 Å². The number of carbonyl (C=O) groups excluding carboxylic acids is 1. The highest BCUT2D eigenvalue weighted by atomic mass is 19.1. The average Bonchev–Trinajstić information content (AvgIpc) is 2.70. The maximum absolute atomic E-state index is 12.5. The number of hydrogen-bond donors (Lipinski definition) is 2. The maximum Gasteiger partial charge on any atom is 0.255 e. The monoisotopic (exact) mass is 374 g/mol. The number of anilines is 1. The molecule has 0 aliphatic rings. The van der Waals surface area contributed by atoms with Crippen LogP contribution in [0.25, 0.3) is 0 Å². The van der Waals surface area contributed by atoms with Crippen molar-refractivity contribution >= 4 is 11.6 Å². The van der Waals surface area contributed by atoms with Gasteiger partial charge in [0.1, 0.15) is 24.7 Å². The van der Waals surface area contributed by atoms with Crippen molar-refractivity contribution in [2.75, 3.05) is 38.8 Å². The topological polar surface area (TPSA) is 82.8 Å². The van der Waals surface area contributed by atoms with Gasteiger partial charge in [-0.15, -0.1) is 0 Å². The van der Waals surface area contributed by atoms with E-state index in [1.54, 1.807) is 55.6 Å². The van der Waals surface area contributed by atoms with Crippen LogP contribution in [0.1, 0.15) is 10.4 Å². The first-order chi connectivity index (χ1) is 13.2. The third kappa shape index (κ3) is 6.73. The molecule has 0 spiro atoms. The molecule has 0 atom stereocenters. The van der Waals surface area contributed by atoms with E-state index in [1.807, 2.05) is 0 Å². The van der Waals surface area contributed by atoms with Gasteiger partial charge in [-0.05, 0) is 36.4 Å². The fraction of sp³-hybridized carbons (Fsp3) is 0.250. The molecule has 0 fully saturated rings. The summed E-state index contributed by atoms with van der Waals surface area (Å²) in [6.07, 6.45) is 0.439. The van der Waals surface area contributed by atoms with E-state index in [0.717, 1.165) is 0 Å². The molecular weight excluding hydrogens is 351 g/mol. The zero-order chi connectivity index (χ0) is 19.5. The highest BCUT2D eigenvalue weighted by Crippen LogP contribution is 2.19. The number of carbonyl (C=O) groups is 1. The Morgan fingerprint density at radius 1 is 1.11 bits per heavy atom. The van der Waals surface area contributed by atoms with Gasteiger partial charge in [-0.2, -0.15) is 0 Å². The Kier molecular flexibility index (Phi) is 8.28. The smallest absolute Gasteiger partial charge is 0.255 e. The molecule has 27 heavy (non-hydrogen) atoms. The van der Waals surface area contributed by atoms with Gasteiger partial charge in [-0.3, -0.25) is 4.79 Å². The molecule has 0 aliphatic carbocycles. The van der Waals surface area contributed by atoms with E-state index in [9.17, 15) is 9.18 Å². The average molecular weight is 374 g/mol. The predicted octanol–water partition coefficient (Wildman–Crippen LogP) is 3.16. The van der Waals surface area contributed by atoms with Crippen molar-refractivity contribution in [2.24, 2.45) is 5.73 Å². The maximum atomic E-state index is 12.5. The Morgan fingerprint density at radius 2 is 1.89 bits per heavy atom. The molecule has 7 heteroatoms. The van der Waals surface area contributed by atoms with E-state index in [1.165, 1.54) is 0 Å². The second kappa shape index (κ2) is 10.9. The van der Waals surface area contributed by atoms with Gasteiger partial charge in [-0.1, -0.05) is 6.07 Å². The zero-order valence-electron chi connectivity index (χ0n) is 15.1. The lowest BCUT2D eigenvalue weighted by atomic mass is 10.2. The molecule has 0 aliphatic heterocycles. The van der Waals surface area contributed by atoms with E-state index >= 15 is 0 Å². The highest BCUT2D eigenvalue weighted by Gasteiger charge is 2.07. The number of nitrogens with two attached hydrogens (primary N) is 1. The lowest BCUT2D eigenvalue weighted by molar-refractivity contribution is 0.102. The minimum Gasteiger partial charge on any atom is -0.491 e. The normalized spacial score (nSPS) is 11.1. The Bertz CT molecular complexity index is 763. The summed E-state index contributed by atoms with van der Waals surface area (Å²) in [5, 5.41) is 2.81. The first-order valence-electron chi connectivity index (χ1n) is 8.40. The molecule has 3 N–H and O–H groups in total. The molecule has 1 amide bonds. The standard InChI is InChI=1S/C20H23FN2O4/c1-25-9-10-26-19-4-2-3-17(11-19)23-20(24)16-5-7-18(8-6-16)27-14-15(12-21)13-22/h2-8,11-12H,9-10,13-14,22H2,1H3,(H,23,24)/b15-12-. The number of hydrogen-bond acceptors (Lipinski definition) is 5. The first-order valence-corrected chi connectivity index (χ1v) is 8.40. The van der Waals surface area contributed by atoms with Crippen LogP contribution in [0, 0.1) is 0 Å². The van der Waals surface area contributed by atoms with E-state index in [4.69, 9.17) is 19.9 Å². The Labute approximate surface area is 157 Å². The van der Waals surface area contributed by atoms with Crippen molar-refractivity contribution in [1.29, 1.82) is 0 Å². The van der Waals surface area contributed by atoms with Crippen LogP contribution in [0.2, 0.25) is 0 Å². The first kappa shape index (κ1) is 20.4. The molecule has 0 radical (unpaired) electrons. The lowest BCUT2D eigenvalue weighted by Gasteiger charge is -2.10. The number of ether oxygens (including phenoxy) is 3. The quantitative estimate of drug-likeness (QED) is 0.624. The third-order valence-electron chi connectivity index (χ3n) is 3.61. The van der Waals surface area contributed by atoms with Crippen LogP contribution in [-0.2, 0) is 4.74 Å². The van der Waals surface area contributed by atoms with Crippen molar-refractivity contribution in [3.05, 3.63) is 66.0 Å². The van der Waals surface area contributed by atoms with Crippen LogP contribution >= 0.6 is 0 Å². The van der Waals surface area contributed by atoms with Crippen molar-refractivity contribution in [3.8, 4) is 11.5 Å². The van der Waals surface area contributed by atoms with E-state index in [0.29, 0.717) is 47.9 Å². The Balaban J connectivity index is 1.93. The summed E-state index contributed by atoms with van der Waals surface area (Å²) in [5.74, 6) is 0.903.